The molecule has 0 saturated heterocycles. The quantitative estimate of drug-likeness (QED) is 0.782. The highest BCUT2D eigenvalue weighted by Gasteiger charge is 2.04. The number of nitrogens with one attached hydrogen (secondary N) is 1. The number of carbonyl (C=O) groups excluding carboxylic acids is 1. The average Bonchev–Trinajstić information content (AvgIpc) is 3.07. The average molecular weight is 285 g/mol. The Morgan fingerprint density at radius 2 is 2.30 bits per heavy atom. The third-order valence-electron chi connectivity index (χ3n) is 3.06. The molecular weight excluding hydrogens is 270 g/mol. The number of pyridine rings is 1. The summed E-state index contributed by atoms with van der Waals surface area (Å²) >= 11 is 1.61. The Morgan fingerprint density at radius 1 is 1.35 bits per heavy atom. The van der Waals surface area contributed by atoms with E-state index in [1.807, 2.05) is 51.8 Å². The number of hydrogen-bond acceptors (Lipinski definition) is 3. The first kappa shape index (κ1) is 12.9. The molecule has 20 heavy (non-hydrogen) atoms. The zero-order valence-electron chi connectivity index (χ0n) is 11.0. The maximum Gasteiger partial charge on any atom is 0.224 e. The van der Waals surface area contributed by atoms with Crippen molar-refractivity contribution < 1.29 is 4.79 Å². The Labute approximate surface area is 121 Å². The van der Waals surface area contributed by atoms with Crippen molar-refractivity contribution in [1.29, 1.82) is 0 Å². The number of hydrogen-bond donors (Lipinski definition) is 1. The first-order chi connectivity index (χ1) is 9.81. The van der Waals surface area contributed by atoms with Crippen LogP contribution in [0.1, 0.15) is 11.3 Å². The van der Waals surface area contributed by atoms with Crippen LogP contribution in [-0.4, -0.2) is 21.8 Å². The molecule has 102 valence electrons. The Morgan fingerprint density at radius 3 is 3.10 bits per heavy atom. The summed E-state index contributed by atoms with van der Waals surface area (Å²) in [5, 5.41) is 6.92. The smallest absolute Gasteiger partial charge is 0.224 e. The lowest BCUT2D eigenvalue weighted by atomic mass is 10.2. The molecule has 0 unspecified atom stereocenters. The summed E-state index contributed by atoms with van der Waals surface area (Å²) in [6, 6.07) is 7.89. The molecule has 0 bridgehead atoms. The summed E-state index contributed by atoms with van der Waals surface area (Å²) in [4.78, 5) is 16.2. The highest BCUT2D eigenvalue weighted by atomic mass is 32.1. The van der Waals surface area contributed by atoms with Crippen LogP contribution in [0.3, 0.4) is 0 Å². The largest absolute Gasteiger partial charge is 0.355 e. The Kier molecular flexibility index (Phi) is 3.78. The second-order valence-electron chi connectivity index (χ2n) is 4.61. The number of imidazole rings is 1. The monoisotopic (exact) mass is 285 g/mol. The van der Waals surface area contributed by atoms with E-state index < -0.39 is 0 Å². The van der Waals surface area contributed by atoms with E-state index >= 15 is 0 Å². The minimum absolute atomic E-state index is 0.0622. The van der Waals surface area contributed by atoms with Gasteiger partial charge in [0.15, 0.2) is 0 Å². The Hall–Kier alpha value is -2.14. The SMILES string of the molecule is O=C(Cc1ccsc1)NCCc1cn2ccccc2n1. The number of rotatable bonds is 5. The lowest BCUT2D eigenvalue weighted by Gasteiger charge is -2.02. The second-order valence-corrected chi connectivity index (χ2v) is 5.39. The highest BCUT2D eigenvalue weighted by molar-refractivity contribution is 7.07. The minimum Gasteiger partial charge on any atom is -0.355 e. The summed E-state index contributed by atoms with van der Waals surface area (Å²) < 4.78 is 1.99. The van der Waals surface area contributed by atoms with Crippen molar-refractivity contribution in [3.05, 3.63) is 58.7 Å². The maximum absolute atomic E-state index is 11.7. The van der Waals surface area contributed by atoms with Crippen molar-refractivity contribution in [2.24, 2.45) is 0 Å². The molecule has 0 radical (unpaired) electrons. The fraction of sp³-hybridized carbons (Fsp3) is 0.200. The predicted octanol–water partition coefficient (Wildman–Crippen LogP) is 2.30. The van der Waals surface area contributed by atoms with Gasteiger partial charge in [0.05, 0.1) is 12.1 Å². The van der Waals surface area contributed by atoms with Crippen molar-refractivity contribution in [1.82, 2.24) is 14.7 Å². The van der Waals surface area contributed by atoms with E-state index in [-0.39, 0.29) is 5.91 Å². The molecule has 3 aromatic rings. The molecule has 0 spiro atoms. The van der Waals surface area contributed by atoms with E-state index in [1.165, 1.54) is 0 Å². The van der Waals surface area contributed by atoms with Crippen LogP contribution >= 0.6 is 11.3 Å². The van der Waals surface area contributed by atoms with Crippen LogP contribution in [0.2, 0.25) is 0 Å². The second kappa shape index (κ2) is 5.88. The number of fused-ring (bicyclic) bond motifs is 1. The molecule has 1 N–H and O–H groups in total. The molecule has 3 aromatic heterocycles. The van der Waals surface area contributed by atoms with Crippen molar-refractivity contribution in [2.75, 3.05) is 6.54 Å². The van der Waals surface area contributed by atoms with Crippen LogP contribution in [0, 0.1) is 0 Å². The number of amides is 1. The van der Waals surface area contributed by atoms with Crippen LogP contribution in [0.15, 0.2) is 47.4 Å². The Balaban J connectivity index is 1.51. The summed E-state index contributed by atoms with van der Waals surface area (Å²) in [5.74, 6) is 0.0622. The third-order valence-corrected chi connectivity index (χ3v) is 3.79. The van der Waals surface area contributed by atoms with Gasteiger partial charge in [0.1, 0.15) is 5.65 Å². The molecule has 0 fully saturated rings. The van der Waals surface area contributed by atoms with E-state index in [4.69, 9.17) is 0 Å². The summed E-state index contributed by atoms with van der Waals surface area (Å²) in [6.45, 7) is 0.618. The van der Waals surface area contributed by atoms with Crippen molar-refractivity contribution in [3.63, 3.8) is 0 Å². The Bertz CT molecular complexity index is 670. The van der Waals surface area contributed by atoms with Crippen molar-refractivity contribution >= 4 is 22.9 Å². The molecule has 0 saturated carbocycles. The van der Waals surface area contributed by atoms with Gasteiger partial charge in [-0.2, -0.15) is 11.3 Å². The molecule has 3 heterocycles. The summed E-state index contributed by atoms with van der Waals surface area (Å²) in [6.07, 6.45) is 5.17. The van der Waals surface area contributed by atoms with Gasteiger partial charge in [-0.05, 0) is 34.5 Å². The van der Waals surface area contributed by atoms with E-state index in [0.29, 0.717) is 13.0 Å². The number of carbonyl (C=O) groups is 1. The summed E-state index contributed by atoms with van der Waals surface area (Å²) in [5.41, 5.74) is 3.00. The normalized spacial score (nSPS) is 10.8. The zero-order chi connectivity index (χ0) is 13.8. The molecule has 0 aliphatic heterocycles. The van der Waals surface area contributed by atoms with E-state index in [1.54, 1.807) is 11.3 Å². The molecule has 0 aliphatic rings. The van der Waals surface area contributed by atoms with Gasteiger partial charge in [0.25, 0.3) is 0 Å². The third kappa shape index (κ3) is 3.05. The number of nitrogens with zero attached hydrogens (tertiary/aromatic N) is 2. The number of aromatic nitrogens is 2. The molecular formula is C15H15N3OS. The van der Waals surface area contributed by atoms with Gasteiger partial charge in [-0.25, -0.2) is 4.98 Å². The van der Waals surface area contributed by atoms with Gasteiger partial charge in [-0.1, -0.05) is 6.07 Å². The van der Waals surface area contributed by atoms with Gasteiger partial charge in [-0.3, -0.25) is 4.79 Å². The first-order valence-corrected chi connectivity index (χ1v) is 7.46. The lowest BCUT2D eigenvalue weighted by Crippen LogP contribution is -2.27. The van der Waals surface area contributed by atoms with Gasteiger partial charge < -0.3 is 9.72 Å². The molecule has 4 nitrogen and oxygen atoms in total. The molecule has 3 rings (SSSR count). The fourth-order valence-corrected chi connectivity index (χ4v) is 2.75. The zero-order valence-corrected chi connectivity index (χ0v) is 11.8. The molecule has 0 aromatic carbocycles. The molecule has 1 amide bonds. The van der Waals surface area contributed by atoms with Gasteiger partial charge >= 0.3 is 0 Å². The summed E-state index contributed by atoms with van der Waals surface area (Å²) in [7, 11) is 0. The van der Waals surface area contributed by atoms with Crippen LogP contribution in [0.5, 0.6) is 0 Å². The molecule has 0 aliphatic carbocycles. The van der Waals surface area contributed by atoms with E-state index in [0.717, 1.165) is 23.3 Å². The number of thiophene rings is 1. The predicted molar refractivity (Wildman–Crippen MR) is 79.9 cm³/mol. The van der Waals surface area contributed by atoms with E-state index in [9.17, 15) is 4.79 Å². The molecule has 5 heteroatoms. The fourth-order valence-electron chi connectivity index (χ4n) is 2.08. The highest BCUT2D eigenvalue weighted by Crippen LogP contribution is 2.07. The van der Waals surface area contributed by atoms with Crippen LogP contribution in [0.25, 0.3) is 5.65 Å². The van der Waals surface area contributed by atoms with Gasteiger partial charge in [0.2, 0.25) is 5.91 Å². The van der Waals surface area contributed by atoms with E-state index in [2.05, 4.69) is 10.3 Å². The maximum atomic E-state index is 11.7. The minimum atomic E-state index is 0.0622. The van der Waals surface area contributed by atoms with Gasteiger partial charge in [0, 0.05) is 25.4 Å². The lowest BCUT2D eigenvalue weighted by molar-refractivity contribution is -0.120. The molecule has 0 atom stereocenters. The van der Waals surface area contributed by atoms with Gasteiger partial charge in [-0.15, -0.1) is 0 Å². The topological polar surface area (TPSA) is 46.4 Å². The van der Waals surface area contributed by atoms with Crippen LogP contribution < -0.4 is 5.32 Å². The van der Waals surface area contributed by atoms with Crippen molar-refractivity contribution in [3.8, 4) is 0 Å². The van der Waals surface area contributed by atoms with Crippen LogP contribution in [0.4, 0.5) is 0 Å². The standard InChI is InChI=1S/C15H15N3OS/c19-15(9-12-5-8-20-11-12)16-6-4-13-10-18-7-2-1-3-14(18)17-13/h1-3,5,7-8,10-11H,4,6,9H2,(H,16,19). The first-order valence-electron chi connectivity index (χ1n) is 6.51. The van der Waals surface area contributed by atoms with Crippen LogP contribution in [-0.2, 0) is 17.6 Å². The van der Waals surface area contributed by atoms with Crippen molar-refractivity contribution in [2.45, 2.75) is 12.8 Å².